The van der Waals surface area contributed by atoms with Gasteiger partial charge < -0.3 is 14.4 Å². The normalized spacial score (nSPS) is 17.7. The molecule has 0 aromatic heterocycles. The Bertz CT molecular complexity index is 964. The lowest BCUT2D eigenvalue weighted by molar-refractivity contribution is -0.130. The van der Waals surface area contributed by atoms with Gasteiger partial charge in [0, 0.05) is 19.0 Å². The highest BCUT2D eigenvalue weighted by molar-refractivity contribution is 5.87. The highest BCUT2D eigenvalue weighted by Crippen LogP contribution is 2.38. The van der Waals surface area contributed by atoms with Crippen LogP contribution in [0.3, 0.4) is 0 Å². The van der Waals surface area contributed by atoms with E-state index < -0.39 is 0 Å². The Morgan fingerprint density at radius 1 is 0.862 bits per heavy atom. The van der Waals surface area contributed by atoms with E-state index in [1.54, 1.807) is 0 Å². The van der Waals surface area contributed by atoms with E-state index in [0.717, 1.165) is 42.1 Å². The summed E-state index contributed by atoms with van der Waals surface area (Å²) in [6.07, 6.45) is 0.960. The molecule has 5 rings (SSSR count). The molecule has 1 unspecified atom stereocenters. The van der Waals surface area contributed by atoms with E-state index in [-0.39, 0.29) is 18.6 Å². The summed E-state index contributed by atoms with van der Waals surface area (Å²) in [4.78, 5) is 15.6. The van der Waals surface area contributed by atoms with Crippen molar-refractivity contribution in [2.45, 2.75) is 18.3 Å². The van der Waals surface area contributed by atoms with Gasteiger partial charge in [0.1, 0.15) is 0 Å². The Labute approximate surface area is 170 Å². The Morgan fingerprint density at radius 2 is 1.52 bits per heavy atom. The van der Waals surface area contributed by atoms with E-state index in [9.17, 15) is 4.79 Å². The fourth-order valence-corrected chi connectivity index (χ4v) is 4.35. The third-order valence-corrected chi connectivity index (χ3v) is 5.88. The van der Waals surface area contributed by atoms with Crippen molar-refractivity contribution in [3.05, 3.63) is 95.6 Å². The van der Waals surface area contributed by atoms with Crippen LogP contribution < -0.4 is 9.47 Å². The molecule has 0 radical (unpaired) electrons. The molecule has 0 N–H and O–H groups in total. The molecule has 0 spiro atoms. The number of hydrogen-bond donors (Lipinski definition) is 0. The van der Waals surface area contributed by atoms with Gasteiger partial charge in [0.15, 0.2) is 11.5 Å². The maximum atomic E-state index is 13.6. The number of likely N-dealkylation sites (tertiary alicyclic amines) is 1. The topological polar surface area (TPSA) is 38.8 Å². The zero-order chi connectivity index (χ0) is 19.6. The molecule has 1 saturated heterocycles. The van der Waals surface area contributed by atoms with Crippen LogP contribution in [0.5, 0.6) is 11.5 Å². The minimum atomic E-state index is -0.270. The van der Waals surface area contributed by atoms with Crippen LogP contribution in [0.25, 0.3) is 0 Å². The van der Waals surface area contributed by atoms with Crippen LogP contribution in [0, 0.1) is 0 Å². The minimum Gasteiger partial charge on any atom is -0.454 e. The SMILES string of the molecule is O=C(C(c1ccccc1)c1ccccc1)N1CCC(c2ccc3c(c2)OCO3)C1. The number of benzene rings is 3. The first-order valence-corrected chi connectivity index (χ1v) is 10.1. The highest BCUT2D eigenvalue weighted by atomic mass is 16.7. The summed E-state index contributed by atoms with van der Waals surface area (Å²) in [5.74, 6) is 1.82. The second-order valence-electron chi connectivity index (χ2n) is 7.64. The van der Waals surface area contributed by atoms with Gasteiger partial charge in [0.25, 0.3) is 0 Å². The van der Waals surface area contributed by atoms with Crippen LogP contribution in [0.2, 0.25) is 0 Å². The second kappa shape index (κ2) is 7.63. The third-order valence-electron chi connectivity index (χ3n) is 5.88. The maximum Gasteiger partial charge on any atom is 0.234 e. The predicted octanol–water partition coefficient (Wildman–Crippen LogP) is 4.56. The molecule has 4 nitrogen and oxygen atoms in total. The predicted molar refractivity (Wildman–Crippen MR) is 111 cm³/mol. The van der Waals surface area contributed by atoms with Gasteiger partial charge in [-0.15, -0.1) is 0 Å². The van der Waals surface area contributed by atoms with Gasteiger partial charge in [-0.05, 0) is 35.2 Å². The number of hydrogen-bond acceptors (Lipinski definition) is 3. The summed E-state index contributed by atoms with van der Waals surface area (Å²) in [7, 11) is 0. The van der Waals surface area contributed by atoms with Crippen LogP contribution in [0.4, 0.5) is 0 Å². The fraction of sp³-hybridized carbons (Fsp3) is 0.240. The molecule has 0 aliphatic carbocycles. The molecule has 2 aliphatic heterocycles. The van der Waals surface area contributed by atoms with Crippen LogP contribution in [0.15, 0.2) is 78.9 Å². The molecule has 0 saturated carbocycles. The van der Waals surface area contributed by atoms with Crippen LogP contribution in [0.1, 0.15) is 34.9 Å². The standard InChI is InChI=1S/C25H23NO3/c27-25(24(18-7-3-1-4-8-18)19-9-5-2-6-10-19)26-14-13-21(16-26)20-11-12-22-23(15-20)29-17-28-22/h1-12,15,21,24H,13-14,16-17H2. The van der Waals surface area contributed by atoms with Crippen molar-refractivity contribution in [3.8, 4) is 11.5 Å². The van der Waals surface area contributed by atoms with Gasteiger partial charge in [-0.3, -0.25) is 4.79 Å². The van der Waals surface area contributed by atoms with Crippen LogP contribution in [-0.2, 0) is 4.79 Å². The molecule has 2 heterocycles. The monoisotopic (exact) mass is 385 g/mol. The minimum absolute atomic E-state index is 0.172. The summed E-state index contributed by atoms with van der Waals surface area (Å²) in [5, 5.41) is 0. The number of fused-ring (bicyclic) bond motifs is 1. The zero-order valence-corrected chi connectivity index (χ0v) is 16.2. The number of ether oxygens (including phenoxy) is 2. The molecule has 3 aromatic carbocycles. The molecule has 3 aromatic rings. The van der Waals surface area contributed by atoms with Crippen LogP contribution >= 0.6 is 0 Å². The highest BCUT2D eigenvalue weighted by Gasteiger charge is 2.33. The van der Waals surface area contributed by atoms with E-state index in [4.69, 9.17) is 9.47 Å². The average Bonchev–Trinajstić information content (AvgIpc) is 3.44. The number of carbonyl (C=O) groups excluding carboxylic acids is 1. The lowest BCUT2D eigenvalue weighted by atomic mass is 9.90. The van der Waals surface area contributed by atoms with Crippen LogP contribution in [-0.4, -0.2) is 30.7 Å². The fourth-order valence-electron chi connectivity index (χ4n) is 4.35. The molecule has 1 fully saturated rings. The molecule has 1 atom stereocenters. The van der Waals surface area contributed by atoms with Crippen molar-refractivity contribution in [1.29, 1.82) is 0 Å². The van der Waals surface area contributed by atoms with E-state index in [0.29, 0.717) is 5.92 Å². The van der Waals surface area contributed by atoms with Gasteiger partial charge in [-0.25, -0.2) is 0 Å². The van der Waals surface area contributed by atoms with Gasteiger partial charge >= 0.3 is 0 Å². The van der Waals surface area contributed by atoms with Crippen molar-refractivity contribution in [1.82, 2.24) is 4.90 Å². The largest absolute Gasteiger partial charge is 0.454 e. The lowest BCUT2D eigenvalue weighted by Crippen LogP contribution is -2.33. The first kappa shape index (κ1) is 17.8. The lowest BCUT2D eigenvalue weighted by Gasteiger charge is -2.24. The molecular weight excluding hydrogens is 362 g/mol. The zero-order valence-electron chi connectivity index (χ0n) is 16.2. The van der Waals surface area contributed by atoms with Gasteiger partial charge in [-0.1, -0.05) is 66.7 Å². The smallest absolute Gasteiger partial charge is 0.234 e. The van der Waals surface area contributed by atoms with Gasteiger partial charge in [0.2, 0.25) is 12.7 Å². The Hall–Kier alpha value is -3.27. The van der Waals surface area contributed by atoms with E-state index >= 15 is 0 Å². The Kier molecular flexibility index (Phi) is 4.68. The quantitative estimate of drug-likeness (QED) is 0.661. The Balaban J connectivity index is 1.39. The van der Waals surface area contributed by atoms with Crippen molar-refractivity contribution >= 4 is 5.91 Å². The summed E-state index contributed by atoms with van der Waals surface area (Å²) in [5.41, 5.74) is 3.28. The van der Waals surface area contributed by atoms with E-state index in [1.807, 2.05) is 71.6 Å². The number of carbonyl (C=O) groups is 1. The third kappa shape index (κ3) is 3.46. The second-order valence-corrected chi connectivity index (χ2v) is 7.64. The van der Waals surface area contributed by atoms with Gasteiger partial charge in [-0.2, -0.15) is 0 Å². The number of amides is 1. The van der Waals surface area contributed by atoms with Crippen molar-refractivity contribution in [3.63, 3.8) is 0 Å². The first-order valence-electron chi connectivity index (χ1n) is 10.1. The molecule has 146 valence electrons. The van der Waals surface area contributed by atoms with Crippen molar-refractivity contribution in [2.24, 2.45) is 0 Å². The molecule has 4 heteroatoms. The summed E-state index contributed by atoms with van der Waals surface area (Å²) in [6.45, 7) is 1.78. The molecule has 1 amide bonds. The molecular formula is C25H23NO3. The number of rotatable bonds is 4. The molecule has 2 aliphatic rings. The average molecular weight is 385 g/mol. The first-order chi connectivity index (χ1) is 14.3. The Morgan fingerprint density at radius 3 is 2.21 bits per heavy atom. The van der Waals surface area contributed by atoms with E-state index in [1.165, 1.54) is 5.56 Å². The maximum absolute atomic E-state index is 13.6. The molecule has 29 heavy (non-hydrogen) atoms. The van der Waals surface area contributed by atoms with E-state index in [2.05, 4.69) is 12.1 Å². The summed E-state index contributed by atoms with van der Waals surface area (Å²) in [6, 6.07) is 26.3. The summed E-state index contributed by atoms with van der Waals surface area (Å²) < 4.78 is 10.9. The summed E-state index contributed by atoms with van der Waals surface area (Å²) >= 11 is 0. The molecule has 0 bridgehead atoms. The van der Waals surface area contributed by atoms with Crippen molar-refractivity contribution in [2.75, 3.05) is 19.9 Å². The van der Waals surface area contributed by atoms with Gasteiger partial charge in [0.05, 0.1) is 5.92 Å². The van der Waals surface area contributed by atoms with Crippen molar-refractivity contribution < 1.29 is 14.3 Å². The number of nitrogens with zero attached hydrogens (tertiary/aromatic N) is 1.